The maximum atomic E-state index is 4.76. The second-order valence-corrected chi connectivity index (χ2v) is 7.91. The Morgan fingerprint density at radius 1 is 0.880 bits per heavy atom. The number of hydrogen-bond acceptors (Lipinski definition) is 3. The van der Waals surface area contributed by atoms with E-state index in [0.717, 1.165) is 25.4 Å². The van der Waals surface area contributed by atoms with Crippen LogP contribution in [0.4, 0.5) is 0 Å². The van der Waals surface area contributed by atoms with Crippen LogP contribution >= 0.6 is 11.8 Å². The molecule has 0 saturated carbocycles. The maximum Gasteiger partial charge on any atom is 0.159 e. The first kappa shape index (κ1) is 18.1. The van der Waals surface area contributed by atoms with Crippen LogP contribution in [0.15, 0.2) is 35.3 Å². The van der Waals surface area contributed by atoms with Gasteiger partial charge in [0.25, 0.3) is 0 Å². The third-order valence-corrected chi connectivity index (χ3v) is 6.68. The van der Waals surface area contributed by atoms with Crippen LogP contribution < -0.4 is 0 Å². The molecule has 0 aromatic heterocycles. The van der Waals surface area contributed by atoms with E-state index in [1.807, 2.05) is 11.8 Å². The van der Waals surface area contributed by atoms with Crippen molar-refractivity contribution in [3.05, 3.63) is 69.3 Å². The predicted molar refractivity (Wildman–Crippen MR) is 111 cm³/mol. The Morgan fingerprint density at radius 3 is 2.12 bits per heavy atom. The molecule has 3 rings (SSSR count). The lowest BCUT2D eigenvalue weighted by Gasteiger charge is -2.22. The number of amidine groups is 1. The summed E-state index contributed by atoms with van der Waals surface area (Å²) < 4.78 is 0. The van der Waals surface area contributed by atoms with Crippen molar-refractivity contribution < 1.29 is 0 Å². The summed E-state index contributed by atoms with van der Waals surface area (Å²) in [5.41, 5.74) is 10.0. The third-order valence-electron chi connectivity index (χ3n) is 5.60. The molecule has 0 amide bonds. The Morgan fingerprint density at radius 2 is 1.48 bits per heavy atom. The van der Waals surface area contributed by atoms with E-state index >= 15 is 0 Å². The molecule has 0 atom stereocenters. The zero-order valence-electron chi connectivity index (χ0n) is 16.0. The van der Waals surface area contributed by atoms with Crippen molar-refractivity contribution in [2.24, 2.45) is 4.99 Å². The van der Waals surface area contributed by atoms with Gasteiger partial charge in [-0.2, -0.15) is 0 Å². The van der Waals surface area contributed by atoms with E-state index in [9.17, 15) is 0 Å². The molecule has 2 aromatic rings. The molecule has 1 aliphatic rings. The monoisotopic (exact) mass is 352 g/mol. The van der Waals surface area contributed by atoms with E-state index < -0.39 is 0 Å². The molecule has 0 saturated heterocycles. The van der Waals surface area contributed by atoms with Gasteiger partial charge in [0, 0.05) is 18.8 Å². The van der Waals surface area contributed by atoms with Crippen LogP contribution in [0.2, 0.25) is 0 Å². The van der Waals surface area contributed by atoms with Gasteiger partial charge in [-0.3, -0.25) is 4.99 Å². The molecule has 3 heteroatoms. The summed E-state index contributed by atoms with van der Waals surface area (Å²) in [4.78, 5) is 7.17. The summed E-state index contributed by atoms with van der Waals surface area (Å²) in [6.07, 6.45) is 0. The fraction of sp³-hybridized carbons (Fsp3) is 0.409. The first-order chi connectivity index (χ1) is 12.0. The zero-order chi connectivity index (χ0) is 18.0. The summed E-state index contributed by atoms with van der Waals surface area (Å²) in [5.74, 6) is 1.00. The number of rotatable bonds is 4. The minimum absolute atomic E-state index is 0.916. The van der Waals surface area contributed by atoms with Crippen molar-refractivity contribution in [2.75, 3.05) is 13.1 Å². The van der Waals surface area contributed by atoms with Gasteiger partial charge in [-0.15, -0.1) is 0 Å². The molecular weight excluding hydrogens is 324 g/mol. The fourth-order valence-electron chi connectivity index (χ4n) is 3.48. The number of benzene rings is 2. The van der Waals surface area contributed by atoms with E-state index in [2.05, 4.69) is 69.9 Å². The zero-order valence-corrected chi connectivity index (χ0v) is 16.8. The van der Waals surface area contributed by atoms with Crippen LogP contribution in [0.25, 0.3) is 0 Å². The topological polar surface area (TPSA) is 15.6 Å². The van der Waals surface area contributed by atoms with Gasteiger partial charge in [0.05, 0.1) is 6.54 Å². The van der Waals surface area contributed by atoms with Gasteiger partial charge in [-0.25, -0.2) is 0 Å². The maximum absolute atomic E-state index is 4.76. The Hall–Kier alpha value is -1.74. The molecule has 0 fully saturated rings. The van der Waals surface area contributed by atoms with Crippen LogP contribution in [0.1, 0.15) is 38.9 Å². The Labute approximate surface area is 156 Å². The first-order valence-electron chi connectivity index (χ1n) is 9.01. The highest BCUT2D eigenvalue weighted by atomic mass is 32.2. The Kier molecular flexibility index (Phi) is 5.53. The van der Waals surface area contributed by atoms with Crippen molar-refractivity contribution in [1.82, 2.24) is 4.90 Å². The quantitative estimate of drug-likeness (QED) is 0.739. The third kappa shape index (κ3) is 3.77. The van der Waals surface area contributed by atoms with Crippen molar-refractivity contribution in [1.29, 1.82) is 0 Å². The van der Waals surface area contributed by atoms with Gasteiger partial charge in [0.2, 0.25) is 0 Å². The van der Waals surface area contributed by atoms with Crippen molar-refractivity contribution >= 4 is 16.9 Å². The fourth-order valence-corrected chi connectivity index (χ4v) is 4.71. The Bertz CT molecular complexity index is 764. The van der Waals surface area contributed by atoms with E-state index in [-0.39, 0.29) is 0 Å². The molecule has 0 N–H and O–H groups in total. The molecule has 132 valence electrons. The lowest BCUT2D eigenvalue weighted by Crippen LogP contribution is -2.25. The van der Waals surface area contributed by atoms with Gasteiger partial charge in [0.1, 0.15) is 0 Å². The highest BCUT2D eigenvalue weighted by Crippen LogP contribution is 2.30. The summed E-state index contributed by atoms with van der Waals surface area (Å²) in [7, 11) is 0. The lowest BCUT2D eigenvalue weighted by molar-refractivity contribution is 0.459. The minimum Gasteiger partial charge on any atom is -0.345 e. The standard InChI is InChI=1S/C22H28N2S/c1-15-16(2)18(4)21(19(5)17(15)3)14-25-22-23-11-12-24(22)13-20-9-7-6-8-10-20/h6-10H,11-14H2,1-5H3. The molecule has 0 spiro atoms. The van der Waals surface area contributed by atoms with Gasteiger partial charge in [-0.1, -0.05) is 42.1 Å². The normalized spacial score (nSPS) is 14.1. The average molecular weight is 353 g/mol. The smallest absolute Gasteiger partial charge is 0.159 e. The van der Waals surface area contributed by atoms with Crippen LogP contribution in [0.5, 0.6) is 0 Å². The summed E-state index contributed by atoms with van der Waals surface area (Å²) in [6, 6.07) is 10.7. The number of hydrogen-bond donors (Lipinski definition) is 0. The molecule has 1 heterocycles. The second-order valence-electron chi connectivity index (χ2n) is 6.96. The number of thioether (sulfide) groups is 1. The van der Waals surface area contributed by atoms with Crippen molar-refractivity contribution in [3.8, 4) is 0 Å². The summed E-state index contributed by atoms with van der Waals surface area (Å²) in [5, 5.41) is 1.19. The predicted octanol–water partition coefficient (Wildman–Crippen LogP) is 5.33. The van der Waals surface area contributed by atoms with Crippen LogP contribution in [-0.2, 0) is 12.3 Å². The minimum atomic E-state index is 0.916. The molecule has 0 bridgehead atoms. The van der Waals surface area contributed by atoms with E-state index in [4.69, 9.17) is 4.99 Å². The molecule has 0 radical (unpaired) electrons. The van der Waals surface area contributed by atoms with Gasteiger partial charge >= 0.3 is 0 Å². The highest BCUT2D eigenvalue weighted by Gasteiger charge is 2.19. The first-order valence-corrected chi connectivity index (χ1v) is 9.99. The van der Waals surface area contributed by atoms with Crippen molar-refractivity contribution in [3.63, 3.8) is 0 Å². The summed E-state index contributed by atoms with van der Waals surface area (Å²) >= 11 is 1.89. The molecule has 0 unspecified atom stereocenters. The molecule has 2 nitrogen and oxygen atoms in total. The van der Waals surface area contributed by atoms with Crippen LogP contribution in [-0.4, -0.2) is 23.2 Å². The molecule has 1 aliphatic heterocycles. The summed E-state index contributed by atoms with van der Waals surface area (Å²) in [6.45, 7) is 14.2. The number of nitrogens with zero attached hydrogens (tertiary/aromatic N) is 2. The number of aliphatic imine (C=N–C) groups is 1. The largest absolute Gasteiger partial charge is 0.345 e. The Balaban J connectivity index is 1.73. The van der Waals surface area contributed by atoms with Crippen LogP contribution in [0.3, 0.4) is 0 Å². The second kappa shape index (κ2) is 7.65. The van der Waals surface area contributed by atoms with Crippen molar-refractivity contribution in [2.45, 2.75) is 46.9 Å². The molecule has 0 aliphatic carbocycles. The van der Waals surface area contributed by atoms with E-state index in [1.54, 1.807) is 0 Å². The molecular formula is C22H28N2S. The molecule has 25 heavy (non-hydrogen) atoms. The van der Waals surface area contributed by atoms with E-state index in [1.165, 1.54) is 44.1 Å². The highest BCUT2D eigenvalue weighted by molar-refractivity contribution is 8.13. The average Bonchev–Trinajstić information content (AvgIpc) is 3.06. The molecule has 2 aromatic carbocycles. The SMILES string of the molecule is Cc1c(C)c(C)c(CSC2=NCCN2Cc2ccccc2)c(C)c1C. The van der Waals surface area contributed by atoms with Crippen LogP contribution in [0, 0.1) is 34.6 Å². The van der Waals surface area contributed by atoms with Gasteiger partial charge in [-0.05, 0) is 73.6 Å². The van der Waals surface area contributed by atoms with E-state index in [0.29, 0.717) is 0 Å². The van der Waals surface area contributed by atoms with Gasteiger partial charge < -0.3 is 4.90 Å². The lowest BCUT2D eigenvalue weighted by atomic mass is 9.90. The van der Waals surface area contributed by atoms with Gasteiger partial charge in [0.15, 0.2) is 5.17 Å².